The second kappa shape index (κ2) is 8.08. The second-order valence-corrected chi connectivity index (χ2v) is 6.92. The molecule has 1 aliphatic rings. The maximum Gasteiger partial charge on any atom is 0.338 e. The number of hydrogen-bond acceptors (Lipinski definition) is 7. The third kappa shape index (κ3) is 3.35. The average Bonchev–Trinajstić information content (AvgIpc) is 3.11. The van der Waals surface area contributed by atoms with Gasteiger partial charge in [0.25, 0.3) is 0 Å². The summed E-state index contributed by atoms with van der Waals surface area (Å²) in [6, 6.07) is 12.2. The van der Waals surface area contributed by atoms with Crippen LogP contribution >= 0.6 is 0 Å². The molecule has 0 aliphatic carbocycles. The number of nitrogens with zero attached hydrogens (tertiary/aromatic N) is 2. The van der Waals surface area contributed by atoms with Crippen LogP contribution in [0.5, 0.6) is 11.5 Å². The summed E-state index contributed by atoms with van der Waals surface area (Å²) in [7, 11) is 3.04. The van der Waals surface area contributed by atoms with E-state index in [2.05, 4.69) is 10.3 Å². The van der Waals surface area contributed by atoms with Crippen molar-refractivity contribution in [1.82, 2.24) is 9.55 Å². The van der Waals surface area contributed by atoms with Crippen molar-refractivity contribution in [2.75, 3.05) is 32.8 Å². The van der Waals surface area contributed by atoms with Gasteiger partial charge in [0.1, 0.15) is 6.61 Å². The molecular formula is C22H23N3O5. The van der Waals surface area contributed by atoms with E-state index in [9.17, 15) is 9.90 Å². The fourth-order valence-electron chi connectivity index (χ4n) is 3.70. The van der Waals surface area contributed by atoms with Crippen LogP contribution in [0.2, 0.25) is 0 Å². The lowest BCUT2D eigenvalue weighted by atomic mass is 9.94. The Labute approximate surface area is 173 Å². The highest BCUT2D eigenvalue weighted by Crippen LogP contribution is 2.41. The number of fused-ring (bicyclic) bond motifs is 3. The molecule has 0 amide bonds. The number of ether oxygens (including phenoxy) is 3. The summed E-state index contributed by atoms with van der Waals surface area (Å²) in [6.45, 7) is 2.28. The van der Waals surface area contributed by atoms with Gasteiger partial charge in [0.05, 0.1) is 36.4 Å². The minimum Gasteiger partial charge on any atom is -0.504 e. The van der Waals surface area contributed by atoms with Gasteiger partial charge in [-0.1, -0.05) is 18.2 Å². The Morgan fingerprint density at radius 1 is 1.20 bits per heavy atom. The number of rotatable bonds is 6. The summed E-state index contributed by atoms with van der Waals surface area (Å²) in [4.78, 5) is 17.7. The molecule has 0 bridgehead atoms. The number of aromatic hydroxyl groups is 1. The number of phenols is 1. The molecule has 1 unspecified atom stereocenters. The number of nitrogens with one attached hydrogen (secondary N) is 1. The molecule has 2 N–H and O–H groups in total. The van der Waals surface area contributed by atoms with E-state index in [1.165, 1.54) is 7.11 Å². The number of esters is 1. The minimum atomic E-state index is -0.516. The SMILES string of the molecule is COCCOC(=O)C1=C(C)Nc2nc3ccccc3n2C1c1ccc(O)c(OC)c1. The molecular weight excluding hydrogens is 386 g/mol. The first-order valence-electron chi connectivity index (χ1n) is 9.53. The molecule has 1 aromatic heterocycles. The smallest absolute Gasteiger partial charge is 0.338 e. The van der Waals surface area contributed by atoms with Gasteiger partial charge >= 0.3 is 5.97 Å². The van der Waals surface area contributed by atoms with Crippen LogP contribution in [0.3, 0.4) is 0 Å². The van der Waals surface area contributed by atoms with Gasteiger partial charge in [-0.25, -0.2) is 9.78 Å². The van der Waals surface area contributed by atoms with Gasteiger partial charge in [0.15, 0.2) is 11.5 Å². The predicted octanol–water partition coefficient (Wildman–Crippen LogP) is 3.23. The molecule has 0 spiro atoms. The maximum atomic E-state index is 13.1. The van der Waals surface area contributed by atoms with E-state index in [4.69, 9.17) is 14.2 Å². The lowest BCUT2D eigenvalue weighted by molar-refractivity contribution is -0.140. The van der Waals surface area contributed by atoms with Crippen molar-refractivity contribution < 1.29 is 24.1 Å². The first-order valence-corrected chi connectivity index (χ1v) is 9.53. The number of imidazole rings is 1. The van der Waals surface area contributed by atoms with E-state index < -0.39 is 12.0 Å². The van der Waals surface area contributed by atoms with Crippen LogP contribution in [0.1, 0.15) is 18.5 Å². The van der Waals surface area contributed by atoms with E-state index in [1.807, 2.05) is 35.8 Å². The van der Waals surface area contributed by atoms with Gasteiger partial charge in [0, 0.05) is 12.8 Å². The normalized spacial score (nSPS) is 15.6. The van der Waals surface area contributed by atoms with Crippen LogP contribution in [-0.2, 0) is 14.3 Å². The molecule has 2 aromatic carbocycles. The number of allylic oxidation sites excluding steroid dienone is 1. The molecule has 0 saturated carbocycles. The van der Waals surface area contributed by atoms with Crippen LogP contribution in [-0.4, -0.2) is 48.1 Å². The van der Waals surface area contributed by atoms with Gasteiger partial charge in [-0.2, -0.15) is 0 Å². The van der Waals surface area contributed by atoms with Crippen LogP contribution < -0.4 is 10.1 Å². The molecule has 0 fully saturated rings. The standard InChI is InChI=1S/C22H23N3O5/c1-13-19(21(27)30-11-10-28-2)20(14-8-9-17(26)18(12-14)29-3)25-16-7-5-4-6-15(16)24-22(25)23-13/h4-9,12,20,26H,10-11H2,1-3H3,(H,23,24). The number of methoxy groups -OCH3 is 2. The zero-order chi connectivity index (χ0) is 21.3. The number of para-hydroxylation sites is 2. The lowest BCUT2D eigenvalue weighted by Crippen LogP contribution is -2.29. The molecule has 0 saturated heterocycles. The maximum absolute atomic E-state index is 13.1. The quantitative estimate of drug-likeness (QED) is 0.477. The third-order valence-electron chi connectivity index (χ3n) is 5.09. The molecule has 4 rings (SSSR count). The predicted molar refractivity (Wildman–Crippen MR) is 112 cm³/mol. The fourth-order valence-corrected chi connectivity index (χ4v) is 3.70. The van der Waals surface area contributed by atoms with Crippen molar-refractivity contribution in [1.29, 1.82) is 0 Å². The number of hydrogen-bond donors (Lipinski definition) is 2. The zero-order valence-corrected chi connectivity index (χ0v) is 17.0. The summed E-state index contributed by atoms with van der Waals surface area (Å²) in [5.74, 6) is 0.522. The van der Waals surface area contributed by atoms with Crippen molar-refractivity contribution in [3.8, 4) is 11.5 Å². The van der Waals surface area contributed by atoms with Crippen molar-refractivity contribution in [2.45, 2.75) is 13.0 Å². The lowest BCUT2D eigenvalue weighted by Gasteiger charge is -2.30. The van der Waals surface area contributed by atoms with Crippen LogP contribution in [0.25, 0.3) is 11.0 Å². The minimum absolute atomic E-state index is 0.0239. The van der Waals surface area contributed by atoms with Gasteiger partial charge < -0.3 is 24.6 Å². The van der Waals surface area contributed by atoms with Crippen LogP contribution in [0, 0.1) is 0 Å². The number of anilines is 1. The molecule has 3 aromatic rings. The number of aromatic nitrogens is 2. The second-order valence-electron chi connectivity index (χ2n) is 6.92. The monoisotopic (exact) mass is 409 g/mol. The van der Waals surface area contributed by atoms with Gasteiger partial charge in [-0.3, -0.25) is 4.57 Å². The molecule has 1 aliphatic heterocycles. The highest BCUT2D eigenvalue weighted by Gasteiger charge is 2.35. The Morgan fingerprint density at radius 3 is 2.77 bits per heavy atom. The number of benzene rings is 2. The Kier molecular flexibility index (Phi) is 5.33. The van der Waals surface area contributed by atoms with Gasteiger partial charge in [0.2, 0.25) is 5.95 Å². The van der Waals surface area contributed by atoms with E-state index in [-0.39, 0.29) is 12.4 Å². The highest BCUT2D eigenvalue weighted by atomic mass is 16.6. The Balaban J connectivity index is 1.89. The summed E-state index contributed by atoms with van der Waals surface area (Å²) >= 11 is 0. The van der Waals surface area contributed by atoms with Crippen molar-refractivity contribution in [3.05, 3.63) is 59.3 Å². The number of phenolic OH excluding ortho intramolecular Hbond substituents is 1. The van der Waals surface area contributed by atoms with E-state index in [0.29, 0.717) is 29.6 Å². The highest BCUT2D eigenvalue weighted by molar-refractivity contribution is 5.94. The number of carbonyl (C=O) groups excluding carboxylic acids is 1. The summed E-state index contributed by atoms with van der Waals surface area (Å²) < 4.78 is 17.7. The van der Waals surface area contributed by atoms with Crippen molar-refractivity contribution in [2.24, 2.45) is 0 Å². The van der Waals surface area contributed by atoms with Gasteiger partial charge in [-0.15, -0.1) is 0 Å². The molecule has 2 heterocycles. The zero-order valence-electron chi connectivity index (χ0n) is 17.0. The molecule has 156 valence electrons. The van der Waals surface area contributed by atoms with Crippen molar-refractivity contribution >= 4 is 23.0 Å². The van der Waals surface area contributed by atoms with Crippen molar-refractivity contribution in [3.63, 3.8) is 0 Å². The molecule has 1 atom stereocenters. The van der Waals surface area contributed by atoms with E-state index in [0.717, 1.165) is 16.6 Å². The van der Waals surface area contributed by atoms with Crippen LogP contribution in [0.15, 0.2) is 53.7 Å². The summed E-state index contributed by atoms with van der Waals surface area (Å²) in [6.07, 6.45) is 0. The number of carbonyl (C=O) groups is 1. The third-order valence-corrected chi connectivity index (χ3v) is 5.09. The Morgan fingerprint density at radius 2 is 2.00 bits per heavy atom. The van der Waals surface area contributed by atoms with Gasteiger partial charge in [-0.05, 0) is 36.8 Å². The largest absolute Gasteiger partial charge is 0.504 e. The van der Waals surface area contributed by atoms with E-state index >= 15 is 0 Å². The topological polar surface area (TPSA) is 94.8 Å². The average molecular weight is 409 g/mol. The molecule has 0 radical (unpaired) electrons. The molecule has 8 nitrogen and oxygen atoms in total. The van der Waals surface area contributed by atoms with E-state index in [1.54, 1.807) is 25.3 Å². The summed E-state index contributed by atoms with van der Waals surface area (Å²) in [5, 5.41) is 13.3. The Hall–Kier alpha value is -3.52. The first kappa shape index (κ1) is 19.8. The Bertz CT molecular complexity index is 1140. The summed E-state index contributed by atoms with van der Waals surface area (Å²) in [5.41, 5.74) is 3.53. The molecule has 8 heteroatoms. The first-order chi connectivity index (χ1) is 14.5. The van der Waals surface area contributed by atoms with Crippen LogP contribution in [0.4, 0.5) is 5.95 Å². The fraction of sp³-hybridized carbons (Fsp3) is 0.273. The molecule has 30 heavy (non-hydrogen) atoms.